The Morgan fingerprint density at radius 2 is 2.17 bits per heavy atom. The summed E-state index contributed by atoms with van der Waals surface area (Å²) in [6, 6.07) is 1.99. The first kappa shape index (κ1) is 8.91. The van der Waals surface area contributed by atoms with Gasteiger partial charge in [-0.25, -0.2) is 0 Å². The predicted octanol–water partition coefficient (Wildman–Crippen LogP) is 3.57. The summed E-state index contributed by atoms with van der Waals surface area (Å²) in [7, 11) is 0. The Labute approximate surface area is 94.6 Å². The second-order valence-electron chi connectivity index (χ2n) is 2.70. The van der Waals surface area contributed by atoms with Crippen molar-refractivity contribution in [1.82, 2.24) is 0 Å². The number of benzene rings is 1. The first-order valence-corrected chi connectivity index (χ1v) is 5.44. The number of hydrogen-bond donors (Lipinski definition) is 1. The minimum absolute atomic E-state index is 0.753. The van der Waals surface area contributed by atoms with Gasteiger partial charge in [0.15, 0.2) is 0 Å². The molecule has 1 aliphatic heterocycles. The first-order valence-electron chi connectivity index (χ1n) is 3.60. The van der Waals surface area contributed by atoms with Gasteiger partial charge in [-0.05, 0) is 40.6 Å². The molecule has 0 spiro atoms. The van der Waals surface area contributed by atoms with Gasteiger partial charge >= 0.3 is 0 Å². The van der Waals surface area contributed by atoms with E-state index in [9.17, 15) is 0 Å². The molecule has 0 atom stereocenters. The lowest BCUT2D eigenvalue weighted by Crippen LogP contribution is -1.92. The van der Waals surface area contributed by atoms with Crippen LogP contribution in [0.1, 0.15) is 5.56 Å². The minimum atomic E-state index is 0.753. The van der Waals surface area contributed by atoms with Crippen LogP contribution in [0, 0.1) is 3.57 Å². The third kappa shape index (κ3) is 1.30. The second-order valence-corrected chi connectivity index (χ2v) is 4.56. The standard InChI is InChI=1S/C8H6Cl2IN/c9-5-3-4-1-2-12-8(4)6(10)7(5)11/h3,12H,1-2H2. The average molecular weight is 314 g/mol. The van der Waals surface area contributed by atoms with Crippen molar-refractivity contribution in [2.75, 3.05) is 11.9 Å². The van der Waals surface area contributed by atoms with Crippen LogP contribution in [0.15, 0.2) is 6.07 Å². The molecule has 0 saturated carbocycles. The number of fused-ring (bicyclic) bond motifs is 1. The summed E-state index contributed by atoms with van der Waals surface area (Å²) in [6.45, 7) is 0.964. The molecular formula is C8H6Cl2IN. The van der Waals surface area contributed by atoms with E-state index >= 15 is 0 Å². The molecule has 12 heavy (non-hydrogen) atoms. The topological polar surface area (TPSA) is 12.0 Å². The Hall–Kier alpha value is 0.330. The molecule has 2 rings (SSSR count). The zero-order valence-corrected chi connectivity index (χ0v) is 9.79. The van der Waals surface area contributed by atoms with Gasteiger partial charge in [0.05, 0.1) is 19.3 Å². The van der Waals surface area contributed by atoms with E-state index in [2.05, 4.69) is 27.9 Å². The first-order chi connectivity index (χ1) is 5.70. The second kappa shape index (κ2) is 3.24. The molecule has 1 heterocycles. The monoisotopic (exact) mass is 313 g/mol. The lowest BCUT2D eigenvalue weighted by molar-refractivity contribution is 1.11. The highest BCUT2D eigenvalue weighted by molar-refractivity contribution is 14.1. The van der Waals surface area contributed by atoms with Gasteiger partial charge in [0, 0.05) is 6.54 Å². The molecule has 1 aliphatic rings. The Bertz CT molecular complexity index is 338. The highest BCUT2D eigenvalue weighted by atomic mass is 127. The lowest BCUT2D eigenvalue weighted by Gasteiger charge is -2.06. The minimum Gasteiger partial charge on any atom is -0.383 e. The molecular weight excluding hydrogens is 308 g/mol. The molecule has 0 bridgehead atoms. The summed E-state index contributed by atoms with van der Waals surface area (Å²) in [5, 5.41) is 4.75. The van der Waals surface area contributed by atoms with Crippen LogP contribution in [0.25, 0.3) is 0 Å². The van der Waals surface area contributed by atoms with E-state index in [1.165, 1.54) is 5.56 Å². The SMILES string of the molecule is Clc1cc2c(c(Cl)c1I)NCC2. The Morgan fingerprint density at radius 3 is 2.92 bits per heavy atom. The van der Waals surface area contributed by atoms with Crippen LogP contribution in [0.3, 0.4) is 0 Å². The van der Waals surface area contributed by atoms with Crippen molar-refractivity contribution in [1.29, 1.82) is 0 Å². The number of rotatable bonds is 0. The van der Waals surface area contributed by atoms with E-state index in [4.69, 9.17) is 23.2 Å². The van der Waals surface area contributed by atoms with Crippen LogP contribution in [-0.2, 0) is 6.42 Å². The van der Waals surface area contributed by atoms with E-state index in [0.717, 1.165) is 32.3 Å². The summed E-state index contributed by atoms with van der Waals surface area (Å²) in [5.74, 6) is 0. The molecule has 1 nitrogen and oxygen atoms in total. The number of halogens is 3. The Morgan fingerprint density at radius 1 is 1.42 bits per heavy atom. The van der Waals surface area contributed by atoms with Crippen LogP contribution >= 0.6 is 45.8 Å². The molecule has 1 aromatic rings. The lowest BCUT2D eigenvalue weighted by atomic mass is 10.2. The summed E-state index contributed by atoms with van der Waals surface area (Å²) in [5.41, 5.74) is 2.29. The van der Waals surface area contributed by atoms with E-state index < -0.39 is 0 Å². The van der Waals surface area contributed by atoms with Gasteiger partial charge in [-0.1, -0.05) is 23.2 Å². The van der Waals surface area contributed by atoms with E-state index in [-0.39, 0.29) is 0 Å². The molecule has 0 fully saturated rings. The van der Waals surface area contributed by atoms with Crippen molar-refractivity contribution in [3.05, 3.63) is 25.2 Å². The predicted molar refractivity (Wildman–Crippen MR) is 61.4 cm³/mol. The number of anilines is 1. The fourth-order valence-electron chi connectivity index (χ4n) is 1.35. The molecule has 0 saturated heterocycles. The quantitative estimate of drug-likeness (QED) is 0.570. The van der Waals surface area contributed by atoms with Crippen molar-refractivity contribution < 1.29 is 0 Å². The van der Waals surface area contributed by atoms with Crippen molar-refractivity contribution in [3.63, 3.8) is 0 Å². The fraction of sp³-hybridized carbons (Fsp3) is 0.250. The van der Waals surface area contributed by atoms with Gasteiger partial charge in [0.25, 0.3) is 0 Å². The largest absolute Gasteiger partial charge is 0.383 e. The zero-order valence-electron chi connectivity index (χ0n) is 6.13. The maximum Gasteiger partial charge on any atom is 0.0788 e. The highest BCUT2D eigenvalue weighted by Crippen LogP contribution is 2.38. The van der Waals surface area contributed by atoms with Crippen LogP contribution in [0.4, 0.5) is 5.69 Å². The third-order valence-electron chi connectivity index (χ3n) is 1.94. The molecule has 0 amide bonds. The Kier molecular flexibility index (Phi) is 2.40. The summed E-state index contributed by atoms with van der Waals surface area (Å²) in [4.78, 5) is 0. The summed E-state index contributed by atoms with van der Waals surface area (Å²) >= 11 is 14.2. The molecule has 64 valence electrons. The van der Waals surface area contributed by atoms with Gasteiger partial charge in [-0.15, -0.1) is 0 Å². The molecule has 1 aromatic carbocycles. The van der Waals surface area contributed by atoms with Gasteiger partial charge in [0.1, 0.15) is 0 Å². The van der Waals surface area contributed by atoms with Crippen LogP contribution < -0.4 is 5.32 Å². The molecule has 0 unspecified atom stereocenters. The van der Waals surface area contributed by atoms with Crippen molar-refractivity contribution in [2.45, 2.75) is 6.42 Å². The van der Waals surface area contributed by atoms with E-state index in [0.29, 0.717) is 0 Å². The summed E-state index contributed by atoms with van der Waals surface area (Å²) in [6.07, 6.45) is 1.02. The molecule has 4 heteroatoms. The van der Waals surface area contributed by atoms with Crippen LogP contribution in [0.2, 0.25) is 10.0 Å². The molecule has 0 radical (unpaired) electrons. The van der Waals surface area contributed by atoms with Gasteiger partial charge < -0.3 is 5.32 Å². The normalized spacial score (nSPS) is 14.2. The number of nitrogens with one attached hydrogen (secondary N) is 1. The fourth-order valence-corrected chi connectivity index (χ4v) is 2.34. The van der Waals surface area contributed by atoms with Crippen molar-refractivity contribution in [2.24, 2.45) is 0 Å². The third-order valence-corrected chi connectivity index (χ3v) is 4.37. The van der Waals surface area contributed by atoms with Crippen molar-refractivity contribution in [3.8, 4) is 0 Å². The van der Waals surface area contributed by atoms with Crippen LogP contribution in [0.5, 0.6) is 0 Å². The van der Waals surface area contributed by atoms with Gasteiger partial charge in [-0.2, -0.15) is 0 Å². The number of hydrogen-bond acceptors (Lipinski definition) is 1. The molecule has 0 aromatic heterocycles. The van der Waals surface area contributed by atoms with Gasteiger partial charge in [-0.3, -0.25) is 0 Å². The zero-order chi connectivity index (χ0) is 8.72. The van der Waals surface area contributed by atoms with Crippen LogP contribution in [-0.4, -0.2) is 6.54 Å². The smallest absolute Gasteiger partial charge is 0.0788 e. The van der Waals surface area contributed by atoms with Gasteiger partial charge in [0.2, 0.25) is 0 Å². The maximum atomic E-state index is 6.09. The molecule has 0 aliphatic carbocycles. The molecule has 1 N–H and O–H groups in total. The van der Waals surface area contributed by atoms with E-state index in [1.807, 2.05) is 6.07 Å². The highest BCUT2D eigenvalue weighted by Gasteiger charge is 2.17. The maximum absolute atomic E-state index is 6.09. The van der Waals surface area contributed by atoms with Crippen molar-refractivity contribution >= 4 is 51.5 Å². The summed E-state index contributed by atoms with van der Waals surface area (Å²) < 4.78 is 0.934. The van der Waals surface area contributed by atoms with E-state index in [1.54, 1.807) is 0 Å². The Balaban J connectivity index is 2.67. The average Bonchev–Trinajstić information content (AvgIpc) is 2.48.